The minimum atomic E-state index is -1.13. The maximum atomic E-state index is 11.1. The number of carboxylic acids is 1. The summed E-state index contributed by atoms with van der Waals surface area (Å²) in [5.74, 6) is -0.615. The van der Waals surface area contributed by atoms with Crippen LogP contribution in [-0.2, 0) is 18.4 Å². The summed E-state index contributed by atoms with van der Waals surface area (Å²) in [6.45, 7) is 0.325. The van der Waals surface area contributed by atoms with Gasteiger partial charge in [0.05, 0.1) is 5.69 Å². The zero-order chi connectivity index (χ0) is 15.4. The normalized spacial score (nSPS) is 11.4. The van der Waals surface area contributed by atoms with Gasteiger partial charge in [-0.1, -0.05) is 0 Å². The van der Waals surface area contributed by atoms with Gasteiger partial charge >= 0.3 is 5.97 Å². The van der Waals surface area contributed by atoms with Crippen molar-refractivity contribution >= 4 is 17.4 Å². The van der Waals surface area contributed by atoms with Gasteiger partial charge in [-0.15, -0.1) is 0 Å². The number of aliphatic imine (C=N–C) groups is 1. The van der Waals surface area contributed by atoms with E-state index in [2.05, 4.69) is 10.1 Å². The van der Waals surface area contributed by atoms with Crippen molar-refractivity contribution in [1.29, 1.82) is 0 Å². The smallest absolute Gasteiger partial charge is 0.354 e. The fourth-order valence-electron chi connectivity index (χ4n) is 1.86. The Hall–Kier alpha value is -2.83. The third-order valence-electron chi connectivity index (χ3n) is 3.02. The molecule has 2 aromatic rings. The molecule has 0 atom stereocenters. The number of nitrogens with two attached hydrogens (primary N) is 1. The van der Waals surface area contributed by atoms with Crippen LogP contribution in [0.4, 0.5) is 5.69 Å². The van der Waals surface area contributed by atoms with Gasteiger partial charge in [0.25, 0.3) is 0 Å². The number of benzene rings is 1. The van der Waals surface area contributed by atoms with Gasteiger partial charge in [-0.3, -0.25) is 9.67 Å². The molecule has 0 amide bonds. The van der Waals surface area contributed by atoms with E-state index in [4.69, 9.17) is 15.6 Å². The van der Waals surface area contributed by atoms with E-state index < -0.39 is 5.97 Å². The lowest BCUT2D eigenvalue weighted by molar-refractivity contribution is -0.129. The number of hydrogen-bond acceptors (Lipinski definition) is 5. The first-order chi connectivity index (χ1) is 10.0. The number of rotatable bonds is 5. The van der Waals surface area contributed by atoms with E-state index in [0.29, 0.717) is 23.6 Å². The van der Waals surface area contributed by atoms with Crippen molar-refractivity contribution in [2.24, 2.45) is 12.0 Å². The summed E-state index contributed by atoms with van der Waals surface area (Å²) in [5.41, 5.74) is 7.28. The van der Waals surface area contributed by atoms with E-state index in [1.165, 1.54) is 7.05 Å². The Labute approximate surface area is 121 Å². The molecule has 0 radical (unpaired) electrons. The number of aromatic nitrogens is 2. The highest BCUT2D eigenvalue weighted by atomic mass is 16.5. The quantitative estimate of drug-likeness (QED) is 0.633. The number of aliphatic carboxylic acids is 1. The number of anilines is 1. The Morgan fingerprint density at radius 1 is 1.48 bits per heavy atom. The van der Waals surface area contributed by atoms with Crippen molar-refractivity contribution in [3.63, 3.8) is 0 Å². The van der Waals surface area contributed by atoms with Gasteiger partial charge in [0, 0.05) is 31.5 Å². The van der Waals surface area contributed by atoms with E-state index in [-0.39, 0.29) is 5.71 Å². The van der Waals surface area contributed by atoms with Crippen molar-refractivity contribution < 1.29 is 14.6 Å². The van der Waals surface area contributed by atoms with E-state index in [1.54, 1.807) is 29.1 Å². The number of nitrogen functional groups attached to an aromatic ring is 1. The lowest BCUT2D eigenvalue weighted by Gasteiger charge is -2.10. The lowest BCUT2D eigenvalue weighted by Crippen LogP contribution is -2.16. The third-order valence-corrected chi connectivity index (χ3v) is 3.02. The Balaban J connectivity index is 2.23. The molecule has 0 unspecified atom stereocenters. The second-order valence-electron chi connectivity index (χ2n) is 4.36. The van der Waals surface area contributed by atoms with Gasteiger partial charge in [-0.2, -0.15) is 5.10 Å². The molecule has 0 aliphatic rings. The van der Waals surface area contributed by atoms with E-state index in [1.807, 2.05) is 13.1 Å². The van der Waals surface area contributed by atoms with Crippen LogP contribution in [-0.4, -0.2) is 33.6 Å². The van der Waals surface area contributed by atoms with Crippen LogP contribution in [0.15, 0.2) is 35.5 Å². The van der Waals surface area contributed by atoms with Gasteiger partial charge < -0.3 is 15.6 Å². The lowest BCUT2D eigenvalue weighted by atomic mass is 10.1. The Morgan fingerprint density at radius 3 is 2.81 bits per heavy atom. The number of carboxylic acid groups (broad SMARTS) is 1. The molecule has 3 N–H and O–H groups in total. The highest BCUT2D eigenvalue weighted by molar-refractivity contribution is 6.43. The Kier molecular flexibility index (Phi) is 4.22. The SMILES string of the molecule is CN=C(C(=O)O)c1cc(OCc2ccnn2C)ccc1N. The molecule has 7 nitrogen and oxygen atoms in total. The van der Waals surface area contributed by atoms with Crippen LogP contribution < -0.4 is 10.5 Å². The largest absolute Gasteiger partial charge is 0.487 e. The summed E-state index contributed by atoms with van der Waals surface area (Å²) in [6, 6.07) is 6.70. The van der Waals surface area contributed by atoms with Crippen molar-refractivity contribution in [1.82, 2.24) is 9.78 Å². The summed E-state index contributed by atoms with van der Waals surface area (Å²) < 4.78 is 7.34. The molecule has 7 heteroatoms. The summed E-state index contributed by atoms with van der Waals surface area (Å²) >= 11 is 0. The molecule has 2 rings (SSSR count). The molecule has 0 fully saturated rings. The van der Waals surface area contributed by atoms with Gasteiger partial charge in [0.1, 0.15) is 12.4 Å². The van der Waals surface area contributed by atoms with Crippen LogP contribution in [0.25, 0.3) is 0 Å². The third kappa shape index (κ3) is 3.19. The van der Waals surface area contributed by atoms with E-state index in [0.717, 1.165) is 5.69 Å². The van der Waals surface area contributed by atoms with Gasteiger partial charge in [-0.05, 0) is 24.3 Å². The summed E-state index contributed by atoms with van der Waals surface area (Å²) in [4.78, 5) is 14.9. The number of carbonyl (C=O) groups is 1. The Bertz CT molecular complexity index is 691. The second kappa shape index (κ2) is 6.08. The first kappa shape index (κ1) is 14.6. The monoisotopic (exact) mass is 288 g/mol. The minimum Gasteiger partial charge on any atom is -0.487 e. The zero-order valence-electron chi connectivity index (χ0n) is 11.8. The van der Waals surface area contributed by atoms with Gasteiger partial charge in [0.15, 0.2) is 5.71 Å². The van der Waals surface area contributed by atoms with Crippen molar-refractivity contribution in [3.8, 4) is 5.75 Å². The average molecular weight is 288 g/mol. The number of aryl methyl sites for hydroxylation is 1. The molecule has 0 aliphatic heterocycles. The number of ether oxygens (including phenoxy) is 1. The van der Waals surface area contributed by atoms with Crippen molar-refractivity contribution in [2.45, 2.75) is 6.61 Å². The van der Waals surface area contributed by atoms with Crippen molar-refractivity contribution in [3.05, 3.63) is 41.7 Å². The second-order valence-corrected chi connectivity index (χ2v) is 4.36. The maximum absolute atomic E-state index is 11.1. The zero-order valence-corrected chi connectivity index (χ0v) is 11.8. The van der Waals surface area contributed by atoms with Crippen LogP contribution >= 0.6 is 0 Å². The molecule has 110 valence electrons. The van der Waals surface area contributed by atoms with Crippen LogP contribution in [0, 0.1) is 0 Å². The predicted octanol–water partition coefficient (Wildman–Crippen LogP) is 1.08. The fraction of sp³-hybridized carbons (Fsp3) is 0.214. The Morgan fingerprint density at radius 2 is 2.24 bits per heavy atom. The van der Waals surface area contributed by atoms with Crippen LogP contribution in [0.3, 0.4) is 0 Å². The summed E-state index contributed by atoms with van der Waals surface area (Å²) in [7, 11) is 3.23. The first-order valence-corrected chi connectivity index (χ1v) is 6.22. The molecular weight excluding hydrogens is 272 g/mol. The average Bonchev–Trinajstić information content (AvgIpc) is 2.85. The maximum Gasteiger partial charge on any atom is 0.354 e. The van der Waals surface area contributed by atoms with Crippen molar-refractivity contribution in [2.75, 3.05) is 12.8 Å². The molecule has 0 aliphatic carbocycles. The highest BCUT2D eigenvalue weighted by Gasteiger charge is 2.15. The molecule has 21 heavy (non-hydrogen) atoms. The van der Waals surface area contributed by atoms with E-state index in [9.17, 15) is 4.79 Å². The molecule has 1 heterocycles. The molecular formula is C14H16N4O3. The van der Waals surface area contributed by atoms with Gasteiger partial charge in [0.2, 0.25) is 0 Å². The summed E-state index contributed by atoms with van der Waals surface area (Å²) in [5, 5.41) is 13.2. The van der Waals surface area contributed by atoms with Crippen LogP contribution in [0.1, 0.15) is 11.3 Å². The first-order valence-electron chi connectivity index (χ1n) is 6.22. The number of hydrogen-bond donors (Lipinski definition) is 2. The standard InChI is InChI=1S/C14H16N4O3/c1-16-13(14(19)20)11-7-10(3-4-12(11)15)21-8-9-5-6-17-18(9)2/h3-7H,8,15H2,1-2H3,(H,19,20). The topological polar surface area (TPSA) is 103 Å². The van der Waals surface area contributed by atoms with E-state index >= 15 is 0 Å². The minimum absolute atomic E-state index is 0.0986. The fourth-order valence-corrected chi connectivity index (χ4v) is 1.86. The van der Waals surface area contributed by atoms with Gasteiger partial charge in [-0.25, -0.2) is 4.79 Å². The highest BCUT2D eigenvalue weighted by Crippen LogP contribution is 2.21. The molecule has 1 aromatic carbocycles. The van der Waals surface area contributed by atoms with Crippen LogP contribution in [0.2, 0.25) is 0 Å². The van der Waals surface area contributed by atoms with Crippen LogP contribution in [0.5, 0.6) is 5.75 Å². The molecule has 0 spiro atoms. The summed E-state index contributed by atoms with van der Waals surface area (Å²) in [6.07, 6.45) is 1.68. The number of nitrogens with zero attached hydrogens (tertiary/aromatic N) is 3. The molecule has 0 saturated carbocycles. The molecule has 1 aromatic heterocycles. The molecule has 0 saturated heterocycles. The predicted molar refractivity (Wildman–Crippen MR) is 78.5 cm³/mol. The molecule has 0 bridgehead atoms.